The van der Waals surface area contributed by atoms with E-state index in [1.54, 1.807) is 0 Å². The minimum absolute atomic E-state index is 0.115. The zero-order valence-corrected chi connectivity index (χ0v) is 27.4. The molecule has 2 nitrogen and oxygen atoms in total. The molecule has 9 aromatic rings. The second kappa shape index (κ2) is 10.4. The second-order valence-electron chi connectivity index (χ2n) is 13.7. The van der Waals surface area contributed by atoms with Crippen LogP contribution in [0.25, 0.3) is 65.7 Å². The van der Waals surface area contributed by atoms with Gasteiger partial charge in [-0.05, 0) is 86.4 Å². The lowest BCUT2D eigenvalue weighted by Crippen LogP contribution is -2.17. The van der Waals surface area contributed by atoms with Crippen LogP contribution < -0.4 is 4.90 Å². The molecule has 49 heavy (non-hydrogen) atoms. The summed E-state index contributed by atoms with van der Waals surface area (Å²) in [4.78, 5) is 2.47. The van der Waals surface area contributed by atoms with Crippen LogP contribution in [0.15, 0.2) is 168 Å². The molecule has 2 heteroatoms. The molecule has 0 aliphatic heterocycles. The Hall–Kier alpha value is -6.12. The number of rotatable bonds is 4. The lowest BCUT2D eigenvalue weighted by molar-refractivity contribution is 0.660. The smallest absolute Gasteiger partial charge is 0.136 e. The maximum Gasteiger partial charge on any atom is 0.136 e. The predicted octanol–water partition coefficient (Wildman–Crippen LogP) is 13.3. The molecule has 1 aliphatic carbocycles. The van der Waals surface area contributed by atoms with E-state index in [2.05, 4.69) is 183 Å². The molecule has 0 bridgehead atoms. The van der Waals surface area contributed by atoms with Crippen molar-refractivity contribution in [1.82, 2.24) is 0 Å². The highest BCUT2D eigenvalue weighted by molar-refractivity contribution is 6.17. The molecular weight excluding hydrogens is 595 g/mol. The van der Waals surface area contributed by atoms with Crippen molar-refractivity contribution in [2.45, 2.75) is 19.3 Å². The first kappa shape index (κ1) is 27.9. The minimum Gasteiger partial charge on any atom is -0.456 e. The summed E-state index contributed by atoms with van der Waals surface area (Å²) in [6, 6.07) is 59.5. The van der Waals surface area contributed by atoms with Gasteiger partial charge in [0.2, 0.25) is 0 Å². The molecule has 232 valence electrons. The van der Waals surface area contributed by atoms with E-state index in [0.29, 0.717) is 0 Å². The number of hydrogen-bond acceptors (Lipinski definition) is 2. The van der Waals surface area contributed by atoms with Crippen molar-refractivity contribution in [1.29, 1.82) is 0 Å². The van der Waals surface area contributed by atoms with Crippen LogP contribution in [0, 0.1) is 0 Å². The summed E-state index contributed by atoms with van der Waals surface area (Å²) in [5.41, 5.74) is 12.8. The van der Waals surface area contributed by atoms with Crippen molar-refractivity contribution in [2.75, 3.05) is 4.90 Å². The molecule has 0 spiro atoms. The first-order valence-electron chi connectivity index (χ1n) is 17.0. The van der Waals surface area contributed by atoms with E-state index in [-0.39, 0.29) is 5.41 Å². The van der Waals surface area contributed by atoms with E-state index >= 15 is 0 Å². The van der Waals surface area contributed by atoms with Crippen LogP contribution in [0.3, 0.4) is 0 Å². The van der Waals surface area contributed by atoms with Gasteiger partial charge in [0.25, 0.3) is 0 Å². The third-order valence-corrected chi connectivity index (χ3v) is 10.6. The molecule has 0 radical (unpaired) electrons. The molecule has 8 aromatic carbocycles. The number of para-hydroxylation sites is 1. The van der Waals surface area contributed by atoms with Crippen LogP contribution in [0.5, 0.6) is 0 Å². The molecule has 0 unspecified atom stereocenters. The zero-order chi connectivity index (χ0) is 32.7. The normalized spacial score (nSPS) is 13.3. The lowest BCUT2D eigenvalue weighted by atomic mass is 9.82. The molecule has 1 aliphatic rings. The molecule has 0 saturated heterocycles. The van der Waals surface area contributed by atoms with E-state index < -0.39 is 0 Å². The van der Waals surface area contributed by atoms with Crippen LogP contribution in [0.2, 0.25) is 0 Å². The van der Waals surface area contributed by atoms with Crippen molar-refractivity contribution >= 4 is 60.5 Å². The number of benzene rings is 8. The van der Waals surface area contributed by atoms with Crippen LogP contribution in [-0.2, 0) is 5.41 Å². The van der Waals surface area contributed by atoms with Gasteiger partial charge in [-0.3, -0.25) is 0 Å². The highest BCUT2D eigenvalue weighted by atomic mass is 16.3. The average molecular weight is 628 g/mol. The zero-order valence-electron chi connectivity index (χ0n) is 27.4. The van der Waals surface area contributed by atoms with Gasteiger partial charge in [0.15, 0.2) is 0 Å². The Kier molecular flexibility index (Phi) is 5.95. The monoisotopic (exact) mass is 627 g/mol. The van der Waals surface area contributed by atoms with Gasteiger partial charge in [0, 0.05) is 32.8 Å². The summed E-state index contributed by atoms with van der Waals surface area (Å²) < 4.78 is 6.54. The SMILES string of the molecule is CC1(C)c2ccccc2-c2ccc(N(c3ccccc3-c3cccc4oc5cc6ccccc6cc5c34)c3cccc4ccccc34)cc21. The van der Waals surface area contributed by atoms with Crippen molar-refractivity contribution in [3.8, 4) is 22.3 Å². The molecule has 0 saturated carbocycles. The van der Waals surface area contributed by atoms with Crippen molar-refractivity contribution in [3.63, 3.8) is 0 Å². The van der Waals surface area contributed by atoms with E-state index in [1.807, 2.05) is 0 Å². The van der Waals surface area contributed by atoms with Gasteiger partial charge in [0.1, 0.15) is 11.2 Å². The molecule has 0 fully saturated rings. The standard InChI is InChI=1S/C47H33NO/c1-47(2)40-21-9-7-18-35(40)36-26-25-33(29-41(36)47)48(42-23-11-16-30-13-5-6-17-34(30)42)43-22-10-8-19-37(43)38-20-12-24-44-46(38)39-27-31-14-3-4-15-32(31)28-45(39)49-44/h3-29H,1-2H3. The Bertz CT molecular complexity index is 2760. The van der Waals surface area contributed by atoms with Crippen molar-refractivity contribution in [2.24, 2.45) is 0 Å². The van der Waals surface area contributed by atoms with Crippen LogP contribution in [0.1, 0.15) is 25.0 Å². The third kappa shape index (κ3) is 4.14. The highest BCUT2D eigenvalue weighted by Gasteiger charge is 2.36. The fourth-order valence-corrected chi connectivity index (χ4v) is 8.28. The topological polar surface area (TPSA) is 16.4 Å². The number of hydrogen-bond donors (Lipinski definition) is 0. The largest absolute Gasteiger partial charge is 0.456 e. The lowest BCUT2D eigenvalue weighted by Gasteiger charge is -2.30. The Morgan fingerprint density at radius 2 is 1.06 bits per heavy atom. The molecule has 1 heterocycles. The fraction of sp³-hybridized carbons (Fsp3) is 0.0638. The maximum atomic E-state index is 6.54. The molecule has 1 aromatic heterocycles. The number of fused-ring (bicyclic) bond motifs is 8. The summed E-state index contributed by atoms with van der Waals surface area (Å²) in [5.74, 6) is 0. The number of anilines is 3. The fourth-order valence-electron chi connectivity index (χ4n) is 8.28. The van der Waals surface area contributed by atoms with Gasteiger partial charge in [0.05, 0.1) is 11.4 Å². The Balaban J connectivity index is 1.25. The van der Waals surface area contributed by atoms with E-state index in [9.17, 15) is 0 Å². The van der Waals surface area contributed by atoms with E-state index in [0.717, 1.165) is 50.1 Å². The van der Waals surface area contributed by atoms with Crippen molar-refractivity contribution < 1.29 is 4.42 Å². The number of nitrogens with zero attached hydrogens (tertiary/aromatic N) is 1. The van der Waals surface area contributed by atoms with Gasteiger partial charge in [-0.15, -0.1) is 0 Å². The Morgan fingerprint density at radius 3 is 1.94 bits per heavy atom. The first-order valence-corrected chi connectivity index (χ1v) is 17.0. The minimum atomic E-state index is -0.115. The van der Waals surface area contributed by atoms with Gasteiger partial charge in [-0.25, -0.2) is 0 Å². The average Bonchev–Trinajstić information content (AvgIpc) is 3.62. The first-order chi connectivity index (χ1) is 24.1. The second-order valence-corrected chi connectivity index (χ2v) is 13.7. The van der Waals surface area contributed by atoms with E-state index in [4.69, 9.17) is 4.42 Å². The van der Waals surface area contributed by atoms with Gasteiger partial charge < -0.3 is 9.32 Å². The van der Waals surface area contributed by atoms with E-state index in [1.165, 1.54) is 43.8 Å². The summed E-state index contributed by atoms with van der Waals surface area (Å²) >= 11 is 0. The Morgan fingerprint density at radius 1 is 0.429 bits per heavy atom. The van der Waals surface area contributed by atoms with Crippen LogP contribution in [0.4, 0.5) is 17.1 Å². The third-order valence-electron chi connectivity index (χ3n) is 10.6. The summed E-state index contributed by atoms with van der Waals surface area (Å²) in [6.45, 7) is 4.71. The number of furan rings is 1. The molecule has 0 atom stereocenters. The molecular formula is C47H33NO. The van der Waals surface area contributed by atoms with Crippen LogP contribution in [-0.4, -0.2) is 0 Å². The summed E-state index contributed by atoms with van der Waals surface area (Å²) in [5, 5.41) is 7.08. The summed E-state index contributed by atoms with van der Waals surface area (Å²) in [6.07, 6.45) is 0. The van der Waals surface area contributed by atoms with Gasteiger partial charge in [-0.2, -0.15) is 0 Å². The Labute approximate surface area is 285 Å². The van der Waals surface area contributed by atoms with Gasteiger partial charge in [-0.1, -0.05) is 135 Å². The molecule has 10 rings (SSSR count). The van der Waals surface area contributed by atoms with Gasteiger partial charge >= 0.3 is 0 Å². The quantitative estimate of drug-likeness (QED) is 0.193. The van der Waals surface area contributed by atoms with Crippen molar-refractivity contribution in [3.05, 3.63) is 175 Å². The summed E-state index contributed by atoms with van der Waals surface area (Å²) in [7, 11) is 0. The predicted molar refractivity (Wildman–Crippen MR) is 206 cm³/mol. The maximum absolute atomic E-state index is 6.54. The molecule has 0 N–H and O–H groups in total. The van der Waals surface area contributed by atoms with Crippen LogP contribution >= 0.6 is 0 Å². The molecule has 0 amide bonds. The highest BCUT2D eigenvalue weighted by Crippen LogP contribution is 2.52.